The average molecular weight is 420 g/mol. The van der Waals surface area contributed by atoms with Gasteiger partial charge in [-0.1, -0.05) is 18.5 Å². The second-order valence-electron chi connectivity index (χ2n) is 7.80. The monoisotopic (exact) mass is 419 g/mol. The van der Waals surface area contributed by atoms with Crippen molar-refractivity contribution in [3.05, 3.63) is 52.9 Å². The van der Waals surface area contributed by atoms with E-state index in [1.165, 1.54) is 25.9 Å². The number of nitrogens with zero attached hydrogens (tertiary/aromatic N) is 2. The number of rotatable bonds is 7. The second kappa shape index (κ2) is 10.3. The minimum Gasteiger partial charge on any atom is -0.467 e. The smallest absolute Gasteiger partial charge is 0.173 e. The van der Waals surface area contributed by atoms with E-state index in [9.17, 15) is 0 Å². The molecule has 1 unspecified atom stereocenters. The summed E-state index contributed by atoms with van der Waals surface area (Å²) in [7, 11) is 0. The van der Waals surface area contributed by atoms with Gasteiger partial charge in [-0.05, 0) is 93.3 Å². The normalized spacial score (nSPS) is 17.5. The van der Waals surface area contributed by atoms with Gasteiger partial charge in [-0.15, -0.1) is 0 Å². The van der Waals surface area contributed by atoms with Crippen molar-refractivity contribution in [3.8, 4) is 0 Å². The molecule has 0 saturated carbocycles. The zero-order valence-corrected chi connectivity index (χ0v) is 18.4. The number of likely N-dealkylation sites (tertiary alicyclic amines) is 1. The first-order valence-electron chi connectivity index (χ1n) is 10.1. The van der Waals surface area contributed by atoms with Gasteiger partial charge in [-0.25, -0.2) is 0 Å². The van der Waals surface area contributed by atoms with Crippen LogP contribution in [0.25, 0.3) is 0 Å². The van der Waals surface area contributed by atoms with Gasteiger partial charge in [0, 0.05) is 23.8 Å². The Morgan fingerprint density at radius 1 is 1.39 bits per heavy atom. The van der Waals surface area contributed by atoms with Crippen molar-refractivity contribution in [1.29, 1.82) is 0 Å². The number of thiocarbonyl (C=S) groups is 1. The molecule has 152 valence electrons. The first kappa shape index (κ1) is 21.2. The lowest BCUT2D eigenvalue weighted by atomic mass is 10.0. The van der Waals surface area contributed by atoms with Gasteiger partial charge in [0.15, 0.2) is 5.11 Å². The topological polar surface area (TPSA) is 31.6 Å². The molecule has 0 bridgehead atoms. The molecular weight excluding hydrogens is 390 g/mol. The lowest BCUT2D eigenvalue weighted by molar-refractivity contribution is 0.177. The molecule has 1 aromatic heterocycles. The molecule has 0 aliphatic carbocycles. The lowest BCUT2D eigenvalue weighted by Crippen LogP contribution is -2.39. The van der Waals surface area contributed by atoms with Crippen molar-refractivity contribution >= 4 is 34.6 Å². The quantitative estimate of drug-likeness (QED) is 0.593. The molecule has 28 heavy (non-hydrogen) atoms. The number of benzene rings is 1. The summed E-state index contributed by atoms with van der Waals surface area (Å²) in [6.45, 7) is 9.45. The number of hydrogen-bond donors (Lipinski definition) is 1. The maximum Gasteiger partial charge on any atom is 0.173 e. The van der Waals surface area contributed by atoms with Crippen molar-refractivity contribution in [3.63, 3.8) is 0 Å². The molecule has 0 radical (unpaired) electrons. The van der Waals surface area contributed by atoms with Gasteiger partial charge in [-0.3, -0.25) is 0 Å². The molecule has 2 aromatic rings. The van der Waals surface area contributed by atoms with E-state index in [1.54, 1.807) is 6.26 Å². The Balaban J connectivity index is 1.58. The van der Waals surface area contributed by atoms with Crippen LogP contribution in [0.1, 0.15) is 37.5 Å². The summed E-state index contributed by atoms with van der Waals surface area (Å²) >= 11 is 11.9. The fourth-order valence-corrected chi connectivity index (χ4v) is 4.13. The van der Waals surface area contributed by atoms with Crippen LogP contribution >= 0.6 is 23.8 Å². The molecule has 1 atom stereocenters. The summed E-state index contributed by atoms with van der Waals surface area (Å²) in [6, 6.07) is 9.79. The molecule has 2 heterocycles. The maximum absolute atomic E-state index is 6.14. The molecule has 4 nitrogen and oxygen atoms in total. The van der Waals surface area contributed by atoms with E-state index in [-0.39, 0.29) is 0 Å². The predicted octanol–water partition coefficient (Wildman–Crippen LogP) is 5.56. The lowest BCUT2D eigenvalue weighted by Gasteiger charge is -2.32. The molecule has 0 spiro atoms. The summed E-state index contributed by atoms with van der Waals surface area (Å²) in [5.74, 6) is 1.73. The standard InChI is InChI=1S/C22H30ClN3OS/c1-17-6-3-10-25(15-17)11-5-12-26(16-20-7-4-13-27-20)22(28)24-19-8-9-21(23)18(2)14-19/h4,7-9,13-14,17H,3,5-6,10-12,15-16H2,1-2H3,(H,24,28). The Bertz CT molecular complexity index is 765. The van der Waals surface area contributed by atoms with Crippen LogP contribution in [-0.4, -0.2) is 41.1 Å². The maximum atomic E-state index is 6.14. The van der Waals surface area contributed by atoms with Gasteiger partial charge >= 0.3 is 0 Å². The number of halogens is 1. The van der Waals surface area contributed by atoms with Crippen molar-refractivity contribution in [2.75, 3.05) is 31.5 Å². The summed E-state index contributed by atoms with van der Waals surface area (Å²) < 4.78 is 5.55. The SMILES string of the molecule is Cc1cc(NC(=S)N(CCCN2CCCC(C)C2)Cc2ccco2)ccc1Cl. The summed E-state index contributed by atoms with van der Waals surface area (Å²) in [4.78, 5) is 4.77. The molecule has 6 heteroatoms. The minimum absolute atomic E-state index is 0.668. The van der Waals surface area contributed by atoms with Crippen LogP contribution in [0.15, 0.2) is 41.0 Å². The van der Waals surface area contributed by atoms with E-state index < -0.39 is 0 Å². The Kier molecular flexibility index (Phi) is 7.77. The molecule has 0 amide bonds. The van der Waals surface area contributed by atoms with Crippen LogP contribution in [0.5, 0.6) is 0 Å². The molecule has 1 aromatic carbocycles. The van der Waals surface area contributed by atoms with E-state index in [0.29, 0.717) is 11.7 Å². The van der Waals surface area contributed by atoms with Gasteiger partial charge in [0.05, 0.1) is 12.8 Å². The third kappa shape index (κ3) is 6.23. The molecular formula is C22H30ClN3OS. The highest BCUT2D eigenvalue weighted by atomic mass is 35.5. The van der Waals surface area contributed by atoms with Gasteiger partial charge in [0.2, 0.25) is 0 Å². The van der Waals surface area contributed by atoms with E-state index in [1.807, 2.05) is 37.3 Å². The largest absolute Gasteiger partial charge is 0.467 e. The van der Waals surface area contributed by atoms with Crippen LogP contribution in [-0.2, 0) is 6.54 Å². The Morgan fingerprint density at radius 3 is 2.96 bits per heavy atom. The highest BCUT2D eigenvalue weighted by Crippen LogP contribution is 2.20. The van der Waals surface area contributed by atoms with Crippen molar-refractivity contribution in [1.82, 2.24) is 9.80 Å². The first-order chi connectivity index (χ1) is 13.5. The fraction of sp³-hybridized carbons (Fsp3) is 0.500. The zero-order valence-electron chi connectivity index (χ0n) is 16.8. The second-order valence-corrected chi connectivity index (χ2v) is 8.59. The molecule has 1 saturated heterocycles. The number of furan rings is 1. The highest BCUT2D eigenvalue weighted by molar-refractivity contribution is 7.80. The van der Waals surface area contributed by atoms with E-state index in [2.05, 4.69) is 22.0 Å². The first-order valence-corrected chi connectivity index (χ1v) is 10.9. The average Bonchev–Trinajstić information content (AvgIpc) is 3.17. The Labute approximate surface area is 178 Å². The molecule has 3 rings (SSSR count). The van der Waals surface area contributed by atoms with E-state index in [0.717, 1.165) is 47.5 Å². The molecule has 1 N–H and O–H groups in total. The van der Waals surface area contributed by atoms with Crippen molar-refractivity contribution in [2.45, 2.75) is 39.7 Å². The Hall–Kier alpha value is -1.56. The van der Waals surface area contributed by atoms with Crippen molar-refractivity contribution in [2.24, 2.45) is 5.92 Å². The number of aryl methyl sites for hydroxylation is 1. The zero-order chi connectivity index (χ0) is 19.9. The number of anilines is 1. The van der Waals surface area contributed by atoms with Gasteiger partial charge in [0.25, 0.3) is 0 Å². The van der Waals surface area contributed by atoms with Gasteiger partial charge < -0.3 is 19.5 Å². The Morgan fingerprint density at radius 2 is 2.25 bits per heavy atom. The number of piperidine rings is 1. The van der Waals surface area contributed by atoms with Crippen molar-refractivity contribution < 1.29 is 4.42 Å². The van der Waals surface area contributed by atoms with E-state index in [4.69, 9.17) is 28.2 Å². The van der Waals surface area contributed by atoms with Crippen LogP contribution in [0.4, 0.5) is 5.69 Å². The predicted molar refractivity (Wildman–Crippen MR) is 121 cm³/mol. The molecule has 1 aliphatic heterocycles. The minimum atomic E-state index is 0.668. The summed E-state index contributed by atoms with van der Waals surface area (Å²) in [5.41, 5.74) is 1.99. The summed E-state index contributed by atoms with van der Waals surface area (Å²) in [6.07, 6.45) is 5.46. The molecule has 1 fully saturated rings. The van der Waals surface area contributed by atoms with Crippen LogP contribution in [0.3, 0.4) is 0 Å². The summed E-state index contributed by atoms with van der Waals surface area (Å²) in [5, 5.41) is 4.84. The number of nitrogens with one attached hydrogen (secondary N) is 1. The molecule has 1 aliphatic rings. The van der Waals surface area contributed by atoms with Crippen LogP contribution in [0, 0.1) is 12.8 Å². The van der Waals surface area contributed by atoms with Crippen LogP contribution < -0.4 is 5.32 Å². The van der Waals surface area contributed by atoms with Gasteiger partial charge in [-0.2, -0.15) is 0 Å². The fourth-order valence-electron chi connectivity index (χ4n) is 3.74. The van der Waals surface area contributed by atoms with Crippen LogP contribution in [0.2, 0.25) is 5.02 Å². The number of hydrogen-bond acceptors (Lipinski definition) is 3. The third-order valence-corrected chi connectivity index (χ3v) is 6.05. The highest BCUT2D eigenvalue weighted by Gasteiger charge is 2.17. The van der Waals surface area contributed by atoms with Gasteiger partial charge in [0.1, 0.15) is 5.76 Å². The van der Waals surface area contributed by atoms with E-state index >= 15 is 0 Å². The third-order valence-electron chi connectivity index (χ3n) is 5.27.